The van der Waals surface area contributed by atoms with Crippen molar-refractivity contribution >= 4 is 17.9 Å². The summed E-state index contributed by atoms with van der Waals surface area (Å²) < 4.78 is 5.28. The minimum absolute atomic E-state index is 0.425. The second-order valence-corrected chi connectivity index (χ2v) is 4.35. The van der Waals surface area contributed by atoms with Gasteiger partial charge in [0.25, 0.3) is 0 Å². The van der Waals surface area contributed by atoms with Gasteiger partial charge in [-0.05, 0) is 55.0 Å². The Bertz CT molecular complexity index is 633. The van der Waals surface area contributed by atoms with Gasteiger partial charge in [0.2, 0.25) is 0 Å². The SMILES string of the molecule is CNc1ccc(C(=O)Oc2ccc(C=O)c(C)c2)cc1. The average Bonchev–Trinajstić information content (AvgIpc) is 2.47. The standard InChI is InChI=1S/C16H15NO3/c1-11-9-15(8-5-13(11)10-18)20-16(19)12-3-6-14(17-2)7-4-12/h3-10,17H,1-2H3. The van der Waals surface area contributed by atoms with Crippen molar-refractivity contribution in [2.75, 3.05) is 12.4 Å². The number of aryl methyl sites for hydroxylation is 1. The molecule has 2 aromatic carbocycles. The molecule has 0 aliphatic heterocycles. The van der Waals surface area contributed by atoms with Gasteiger partial charge in [-0.1, -0.05) is 0 Å². The molecular weight excluding hydrogens is 254 g/mol. The minimum atomic E-state index is -0.425. The van der Waals surface area contributed by atoms with Crippen LogP contribution in [-0.4, -0.2) is 19.3 Å². The molecule has 0 aliphatic carbocycles. The molecule has 0 unspecified atom stereocenters. The fourth-order valence-electron chi connectivity index (χ4n) is 1.78. The van der Waals surface area contributed by atoms with Gasteiger partial charge in [0.15, 0.2) is 0 Å². The molecule has 102 valence electrons. The number of rotatable bonds is 4. The molecule has 4 nitrogen and oxygen atoms in total. The van der Waals surface area contributed by atoms with Crippen LogP contribution in [0.25, 0.3) is 0 Å². The number of esters is 1. The topological polar surface area (TPSA) is 55.4 Å². The second kappa shape index (κ2) is 6.02. The van der Waals surface area contributed by atoms with E-state index >= 15 is 0 Å². The Hall–Kier alpha value is -2.62. The Labute approximate surface area is 117 Å². The molecular formula is C16H15NO3. The summed E-state index contributed by atoms with van der Waals surface area (Å²) in [5.74, 6) is 0.00157. The first-order valence-corrected chi connectivity index (χ1v) is 6.20. The van der Waals surface area contributed by atoms with E-state index in [2.05, 4.69) is 5.32 Å². The maximum atomic E-state index is 12.0. The quantitative estimate of drug-likeness (QED) is 0.526. The van der Waals surface area contributed by atoms with Gasteiger partial charge in [0.1, 0.15) is 12.0 Å². The summed E-state index contributed by atoms with van der Waals surface area (Å²) in [6.45, 7) is 1.79. The van der Waals surface area contributed by atoms with Crippen molar-refractivity contribution in [2.45, 2.75) is 6.92 Å². The van der Waals surface area contributed by atoms with Crippen LogP contribution in [0.4, 0.5) is 5.69 Å². The first-order valence-electron chi connectivity index (χ1n) is 6.20. The number of carbonyl (C=O) groups is 2. The van der Waals surface area contributed by atoms with Gasteiger partial charge >= 0.3 is 5.97 Å². The van der Waals surface area contributed by atoms with E-state index in [0.717, 1.165) is 17.5 Å². The molecule has 20 heavy (non-hydrogen) atoms. The first kappa shape index (κ1) is 13.8. The second-order valence-electron chi connectivity index (χ2n) is 4.35. The summed E-state index contributed by atoms with van der Waals surface area (Å²) in [6.07, 6.45) is 0.775. The lowest BCUT2D eigenvalue weighted by Crippen LogP contribution is -2.08. The van der Waals surface area contributed by atoms with Gasteiger partial charge in [0, 0.05) is 18.3 Å². The maximum absolute atomic E-state index is 12.0. The highest BCUT2D eigenvalue weighted by Gasteiger charge is 2.09. The molecule has 4 heteroatoms. The molecule has 2 rings (SSSR count). The van der Waals surface area contributed by atoms with Crippen LogP contribution in [0.15, 0.2) is 42.5 Å². The first-order chi connectivity index (χ1) is 9.63. The Morgan fingerprint density at radius 2 is 1.85 bits per heavy atom. The lowest BCUT2D eigenvalue weighted by Gasteiger charge is -2.07. The van der Waals surface area contributed by atoms with Crippen molar-refractivity contribution in [1.29, 1.82) is 0 Å². The number of anilines is 1. The zero-order chi connectivity index (χ0) is 14.5. The molecule has 0 radical (unpaired) electrons. The number of hydrogen-bond donors (Lipinski definition) is 1. The minimum Gasteiger partial charge on any atom is -0.423 e. The van der Waals surface area contributed by atoms with Gasteiger partial charge in [-0.2, -0.15) is 0 Å². The monoisotopic (exact) mass is 269 g/mol. The average molecular weight is 269 g/mol. The summed E-state index contributed by atoms with van der Waals surface area (Å²) in [5.41, 5.74) is 2.76. The van der Waals surface area contributed by atoms with Crippen LogP contribution in [0.5, 0.6) is 5.75 Å². The number of ether oxygens (including phenoxy) is 1. The summed E-state index contributed by atoms with van der Waals surface area (Å²) >= 11 is 0. The van der Waals surface area contributed by atoms with Crippen LogP contribution >= 0.6 is 0 Å². The van der Waals surface area contributed by atoms with Crippen LogP contribution < -0.4 is 10.1 Å². The maximum Gasteiger partial charge on any atom is 0.343 e. The lowest BCUT2D eigenvalue weighted by atomic mass is 10.1. The Morgan fingerprint density at radius 1 is 1.15 bits per heavy atom. The van der Waals surface area contributed by atoms with Gasteiger partial charge < -0.3 is 10.1 Å². The van der Waals surface area contributed by atoms with Crippen molar-refractivity contribution in [3.8, 4) is 5.75 Å². The molecule has 2 aromatic rings. The van der Waals surface area contributed by atoms with Crippen molar-refractivity contribution in [1.82, 2.24) is 0 Å². The zero-order valence-electron chi connectivity index (χ0n) is 11.3. The molecule has 0 heterocycles. The van der Waals surface area contributed by atoms with E-state index in [9.17, 15) is 9.59 Å². The number of nitrogens with one attached hydrogen (secondary N) is 1. The van der Waals surface area contributed by atoms with Crippen LogP contribution in [0.3, 0.4) is 0 Å². The van der Waals surface area contributed by atoms with Crippen LogP contribution in [0, 0.1) is 6.92 Å². The molecule has 0 saturated carbocycles. The zero-order valence-corrected chi connectivity index (χ0v) is 11.3. The Kier molecular flexibility index (Phi) is 4.15. The number of carbonyl (C=O) groups excluding carboxylic acids is 2. The fourth-order valence-corrected chi connectivity index (χ4v) is 1.78. The molecule has 0 fully saturated rings. The molecule has 0 aliphatic rings. The van der Waals surface area contributed by atoms with Crippen LogP contribution in [0.2, 0.25) is 0 Å². The van der Waals surface area contributed by atoms with Crippen LogP contribution in [-0.2, 0) is 0 Å². The third-order valence-corrected chi connectivity index (χ3v) is 2.99. The third kappa shape index (κ3) is 3.03. The van der Waals surface area contributed by atoms with E-state index < -0.39 is 5.97 Å². The lowest BCUT2D eigenvalue weighted by molar-refractivity contribution is 0.0734. The molecule has 0 atom stereocenters. The van der Waals surface area contributed by atoms with E-state index in [0.29, 0.717) is 16.9 Å². The van der Waals surface area contributed by atoms with E-state index in [-0.39, 0.29) is 0 Å². The smallest absolute Gasteiger partial charge is 0.343 e. The predicted octanol–water partition coefficient (Wildman–Crippen LogP) is 3.07. The van der Waals surface area contributed by atoms with Gasteiger partial charge in [-0.25, -0.2) is 4.79 Å². The molecule has 0 spiro atoms. The Balaban J connectivity index is 2.14. The highest BCUT2D eigenvalue weighted by molar-refractivity contribution is 5.91. The molecule has 0 aromatic heterocycles. The Morgan fingerprint density at radius 3 is 2.40 bits per heavy atom. The molecule has 0 amide bonds. The van der Waals surface area contributed by atoms with Gasteiger partial charge in [0.05, 0.1) is 5.56 Å². The van der Waals surface area contributed by atoms with Crippen LogP contribution in [0.1, 0.15) is 26.3 Å². The van der Waals surface area contributed by atoms with Crippen molar-refractivity contribution in [3.05, 3.63) is 59.2 Å². The summed E-state index contributed by atoms with van der Waals surface area (Å²) in [5, 5.41) is 2.98. The van der Waals surface area contributed by atoms with Gasteiger partial charge in [-0.15, -0.1) is 0 Å². The highest BCUT2D eigenvalue weighted by Crippen LogP contribution is 2.18. The fraction of sp³-hybridized carbons (Fsp3) is 0.125. The number of benzene rings is 2. The third-order valence-electron chi connectivity index (χ3n) is 2.99. The van der Waals surface area contributed by atoms with E-state index in [1.807, 2.05) is 7.05 Å². The number of hydrogen-bond acceptors (Lipinski definition) is 4. The molecule has 1 N–H and O–H groups in total. The van der Waals surface area contributed by atoms with Crippen molar-refractivity contribution in [3.63, 3.8) is 0 Å². The van der Waals surface area contributed by atoms with E-state index in [1.54, 1.807) is 49.4 Å². The molecule has 0 bridgehead atoms. The highest BCUT2D eigenvalue weighted by atomic mass is 16.5. The summed E-state index contributed by atoms with van der Waals surface area (Å²) in [4.78, 5) is 22.7. The molecule has 0 saturated heterocycles. The van der Waals surface area contributed by atoms with Crippen molar-refractivity contribution < 1.29 is 14.3 Å². The summed E-state index contributed by atoms with van der Waals surface area (Å²) in [6, 6.07) is 11.9. The normalized spacial score (nSPS) is 9.90. The van der Waals surface area contributed by atoms with Gasteiger partial charge in [-0.3, -0.25) is 4.79 Å². The summed E-state index contributed by atoms with van der Waals surface area (Å²) in [7, 11) is 1.81. The van der Waals surface area contributed by atoms with E-state index in [4.69, 9.17) is 4.74 Å². The van der Waals surface area contributed by atoms with Crippen molar-refractivity contribution in [2.24, 2.45) is 0 Å². The largest absolute Gasteiger partial charge is 0.423 e. The number of aldehydes is 1. The predicted molar refractivity (Wildman–Crippen MR) is 77.5 cm³/mol. The van der Waals surface area contributed by atoms with E-state index in [1.165, 1.54) is 0 Å².